The summed E-state index contributed by atoms with van der Waals surface area (Å²) in [5.74, 6) is -9.97. The van der Waals surface area contributed by atoms with Crippen molar-refractivity contribution in [1.82, 2.24) is 5.32 Å². The third-order valence-corrected chi connectivity index (χ3v) is 13.8. The molecule has 2 saturated heterocycles. The summed E-state index contributed by atoms with van der Waals surface area (Å²) >= 11 is 0. The molecule has 0 radical (unpaired) electrons. The van der Waals surface area contributed by atoms with Crippen LogP contribution in [-0.4, -0.2) is 98.4 Å². The maximum atomic E-state index is 15.7. The molecule has 3 aliphatic carbocycles. The van der Waals surface area contributed by atoms with Gasteiger partial charge in [0.25, 0.3) is 11.7 Å². The first-order valence-corrected chi connectivity index (χ1v) is 20.8. The Labute approximate surface area is 364 Å². The molecule has 3 aromatic rings. The quantitative estimate of drug-likeness (QED) is 0.126. The summed E-state index contributed by atoms with van der Waals surface area (Å²) in [7, 11) is 0. The summed E-state index contributed by atoms with van der Waals surface area (Å²) < 4.78 is 31.3. The van der Waals surface area contributed by atoms with E-state index in [-0.39, 0.29) is 28.7 Å². The molecule has 4 fully saturated rings. The van der Waals surface area contributed by atoms with E-state index in [9.17, 15) is 39.3 Å². The lowest BCUT2D eigenvalue weighted by molar-refractivity contribution is -0.266. The molecular weight excluding hydrogens is 815 g/mol. The van der Waals surface area contributed by atoms with Gasteiger partial charge in [-0.1, -0.05) is 80.1 Å². The molecule has 4 N–H and O–H groups in total. The number of ketones is 1. The van der Waals surface area contributed by atoms with E-state index in [1.807, 2.05) is 6.92 Å². The predicted octanol–water partition coefficient (Wildman–Crippen LogP) is 4.39. The smallest absolute Gasteiger partial charge is 0.338 e. The van der Waals surface area contributed by atoms with Crippen LogP contribution in [0.1, 0.15) is 99.2 Å². The Morgan fingerprint density at radius 1 is 0.810 bits per heavy atom. The molecule has 2 heterocycles. The highest BCUT2D eigenvalue weighted by Crippen LogP contribution is 2.67. The minimum absolute atomic E-state index is 0.0602. The molecule has 0 aromatic heterocycles. The zero-order valence-corrected chi connectivity index (χ0v) is 36.4. The number of Topliss-reactive ketones (excluding diaryl/α,β-unsaturated/α-hetero) is 1. The van der Waals surface area contributed by atoms with Crippen LogP contribution in [-0.2, 0) is 42.9 Å². The Morgan fingerprint density at radius 3 is 1.95 bits per heavy atom. The molecule has 1 amide bonds. The van der Waals surface area contributed by atoms with Gasteiger partial charge in [-0.25, -0.2) is 9.59 Å². The topological polar surface area (TPSA) is 221 Å². The molecule has 0 unspecified atom stereocenters. The number of hydrogen-bond acceptors (Lipinski definition) is 14. The van der Waals surface area contributed by atoms with E-state index in [4.69, 9.17) is 23.7 Å². The molecule has 5 aliphatic rings. The molecule has 2 saturated carbocycles. The Hall–Kier alpha value is -5.74. The van der Waals surface area contributed by atoms with Crippen molar-refractivity contribution in [2.75, 3.05) is 0 Å². The molecule has 8 rings (SSSR count). The fourth-order valence-electron chi connectivity index (χ4n) is 10.6. The molecule has 63 heavy (non-hydrogen) atoms. The zero-order chi connectivity index (χ0) is 46.0. The van der Waals surface area contributed by atoms with Crippen molar-refractivity contribution >= 4 is 35.6 Å². The maximum Gasteiger partial charge on any atom is 0.338 e. The van der Waals surface area contributed by atoms with Gasteiger partial charge in [0, 0.05) is 43.2 Å². The zero-order valence-electron chi connectivity index (χ0n) is 36.4. The fraction of sp³-hybridized carbons (Fsp3) is 0.458. The second-order valence-electron chi connectivity index (χ2n) is 18.0. The van der Waals surface area contributed by atoms with Crippen molar-refractivity contribution < 1.29 is 67.8 Å². The van der Waals surface area contributed by atoms with Crippen LogP contribution < -0.4 is 5.32 Å². The minimum Gasteiger partial charge on any atom is -0.456 e. The predicted molar refractivity (Wildman–Crippen MR) is 222 cm³/mol. The number of fused-ring (bicyclic) bond motifs is 3. The molecule has 6 bridgehead atoms. The average Bonchev–Trinajstić information content (AvgIpc) is 3.33. The molecule has 0 spiro atoms. The van der Waals surface area contributed by atoms with Gasteiger partial charge in [0.2, 0.25) is 5.78 Å². The number of carbonyl (C=O) groups excluding carboxylic acids is 6. The van der Waals surface area contributed by atoms with Gasteiger partial charge in [0.05, 0.1) is 29.0 Å². The summed E-state index contributed by atoms with van der Waals surface area (Å²) in [4.78, 5) is 84.3. The molecule has 15 nitrogen and oxygen atoms in total. The molecule has 15 heteroatoms. The Bertz CT molecular complexity index is 2360. The third-order valence-electron chi connectivity index (χ3n) is 13.8. The summed E-state index contributed by atoms with van der Waals surface area (Å²) in [6.45, 7) is 11.4. The van der Waals surface area contributed by atoms with Crippen LogP contribution in [0.15, 0.2) is 96.1 Å². The van der Waals surface area contributed by atoms with Crippen molar-refractivity contribution in [1.29, 1.82) is 0 Å². The average molecular weight is 868 g/mol. The lowest BCUT2D eigenvalue weighted by atomic mass is 9.46. The molecule has 3 aromatic carbocycles. The molecule has 11 atom stereocenters. The first-order valence-electron chi connectivity index (χ1n) is 20.8. The minimum atomic E-state index is -2.74. The summed E-state index contributed by atoms with van der Waals surface area (Å²) in [6, 6.07) is 21.4. The highest BCUT2D eigenvalue weighted by atomic mass is 16.7. The standard InChI is InChI=1S/C48H53NO14/c1-25-19-21-29(22-20-25)35(49-40(54)30-15-11-9-12-16-30)36(53)42(56)59-32-24-47(58)39(60-41(55)31-17-13-10-14-18-31)38-45(7)33(52)23-34(46(38,8)61-27(3)50)63-48(43(45)57,62-28(4)51)37(26(32)2)44(47,5)6/h9-22,32-36,38-39,52-53,58H,23-24H2,1-8H3,(H,49,54)/t32-,33-,34+,35-,36+,38-,39-,45+,46-,47+,48-/m0/s1. The normalized spacial score (nSPS) is 32.6. The number of amides is 1. The highest BCUT2D eigenvalue weighted by molar-refractivity contribution is 5.99. The monoisotopic (exact) mass is 867 g/mol. The van der Waals surface area contributed by atoms with Gasteiger partial charge < -0.3 is 44.3 Å². The highest BCUT2D eigenvalue weighted by Gasteiger charge is 2.82. The Morgan fingerprint density at radius 2 is 1.38 bits per heavy atom. The number of carbonyl (C=O) groups is 6. The van der Waals surface area contributed by atoms with Crippen molar-refractivity contribution in [2.24, 2.45) is 16.7 Å². The van der Waals surface area contributed by atoms with Crippen LogP contribution in [0, 0.1) is 23.7 Å². The molecule has 334 valence electrons. The van der Waals surface area contributed by atoms with E-state index in [0.717, 1.165) is 19.4 Å². The number of ether oxygens (including phenoxy) is 5. The van der Waals surface area contributed by atoms with Crippen LogP contribution in [0.25, 0.3) is 0 Å². The second-order valence-corrected chi connectivity index (χ2v) is 18.0. The van der Waals surface area contributed by atoms with Crippen LogP contribution in [0.5, 0.6) is 0 Å². The van der Waals surface area contributed by atoms with Crippen LogP contribution in [0.4, 0.5) is 0 Å². The van der Waals surface area contributed by atoms with Crippen molar-refractivity contribution in [3.8, 4) is 0 Å². The summed E-state index contributed by atoms with van der Waals surface area (Å²) in [5, 5.41) is 40.4. The van der Waals surface area contributed by atoms with E-state index in [2.05, 4.69) is 5.32 Å². The van der Waals surface area contributed by atoms with Crippen molar-refractivity contribution in [3.05, 3.63) is 118 Å². The van der Waals surface area contributed by atoms with Gasteiger partial charge in [-0.2, -0.15) is 0 Å². The van der Waals surface area contributed by atoms with Crippen molar-refractivity contribution in [2.45, 2.75) is 122 Å². The number of hydrogen-bond donors (Lipinski definition) is 4. The van der Waals surface area contributed by atoms with E-state index >= 15 is 4.79 Å². The summed E-state index contributed by atoms with van der Waals surface area (Å²) in [5.41, 5.74) is -6.86. The number of nitrogens with one attached hydrogen (secondary N) is 1. The van der Waals surface area contributed by atoms with E-state index < -0.39 is 112 Å². The van der Waals surface area contributed by atoms with E-state index in [0.29, 0.717) is 5.56 Å². The summed E-state index contributed by atoms with van der Waals surface area (Å²) in [6.07, 6.45) is -9.37. The van der Waals surface area contributed by atoms with Gasteiger partial charge in [-0.15, -0.1) is 0 Å². The van der Waals surface area contributed by atoms with Crippen LogP contribution in [0.2, 0.25) is 0 Å². The number of aliphatic hydroxyl groups is 3. The third kappa shape index (κ3) is 7.24. The number of esters is 4. The first kappa shape index (κ1) is 45.3. The second kappa shape index (κ2) is 16.1. The Kier molecular flexibility index (Phi) is 11.6. The largest absolute Gasteiger partial charge is 0.456 e. The fourth-order valence-corrected chi connectivity index (χ4v) is 10.6. The van der Waals surface area contributed by atoms with Gasteiger partial charge in [-0.3, -0.25) is 19.2 Å². The lowest BCUT2D eigenvalue weighted by Crippen LogP contribution is -2.76. The van der Waals surface area contributed by atoms with Gasteiger partial charge >= 0.3 is 23.9 Å². The van der Waals surface area contributed by atoms with Gasteiger partial charge in [0.15, 0.2) is 6.10 Å². The molecule has 2 aliphatic heterocycles. The van der Waals surface area contributed by atoms with E-state index in [1.165, 1.54) is 46.8 Å². The number of aryl methyl sites for hydroxylation is 1. The number of benzene rings is 3. The molecular formula is C48H53NO14. The number of aliphatic hydroxyl groups excluding tert-OH is 2. The Balaban J connectivity index is 1.42. The SMILES string of the molecule is CC(=O)O[C@@]12O[C@@H]3C[C@H](O)[C@@](C)(C1=O)[C@H]([C@H](OC(=O)c1ccccc1)[C@]1(O)C[C@H](OC(=O)[C@H](O)[C@@H](NC(=O)c4ccccc4)c4ccc(C)cc4)C(C)=C2C1(C)C)[C@@]3(C)OC(C)=O. The van der Waals surface area contributed by atoms with Crippen LogP contribution >= 0.6 is 0 Å². The first-order chi connectivity index (χ1) is 29.5. The lowest BCUT2D eigenvalue weighted by Gasteiger charge is -2.62. The van der Waals surface area contributed by atoms with Crippen LogP contribution in [0.3, 0.4) is 0 Å². The van der Waals surface area contributed by atoms with Gasteiger partial charge in [0.1, 0.15) is 29.5 Å². The van der Waals surface area contributed by atoms with Gasteiger partial charge in [-0.05, 0) is 63.1 Å². The maximum absolute atomic E-state index is 15.7. The van der Waals surface area contributed by atoms with Crippen molar-refractivity contribution in [3.63, 3.8) is 0 Å². The van der Waals surface area contributed by atoms with E-state index in [1.54, 1.807) is 72.8 Å². The number of rotatable bonds is 10.